The molecular weight excluding hydrogens is 186 g/mol. The van der Waals surface area contributed by atoms with Gasteiger partial charge in [-0.3, -0.25) is 0 Å². The summed E-state index contributed by atoms with van der Waals surface area (Å²) in [7, 11) is 0. The Bertz CT molecular complexity index is 314. The number of likely N-dealkylation sites (N-methyl/N-ethyl adjacent to an activating group) is 1. The molecule has 1 heterocycles. The molecule has 3 heteroatoms. The van der Waals surface area contributed by atoms with Gasteiger partial charge in [0.05, 0.1) is 11.1 Å². The topological polar surface area (TPSA) is 21.3 Å². The van der Waals surface area contributed by atoms with Crippen molar-refractivity contribution in [3.63, 3.8) is 0 Å². The third-order valence-corrected chi connectivity index (χ3v) is 2.52. The highest BCUT2D eigenvalue weighted by Crippen LogP contribution is 2.37. The van der Waals surface area contributed by atoms with Gasteiger partial charge in [-0.15, -0.1) is 0 Å². The van der Waals surface area contributed by atoms with Gasteiger partial charge in [0, 0.05) is 5.56 Å². The van der Waals surface area contributed by atoms with E-state index in [-0.39, 0.29) is 0 Å². The van der Waals surface area contributed by atoms with Crippen molar-refractivity contribution < 1.29 is 4.74 Å². The SMILES string of the molecule is CCNC1COc2c(Cl)cccc21. The molecule has 0 bridgehead atoms. The molecule has 1 aliphatic heterocycles. The van der Waals surface area contributed by atoms with Crippen molar-refractivity contribution in [3.8, 4) is 5.75 Å². The second kappa shape index (κ2) is 3.56. The van der Waals surface area contributed by atoms with Crippen LogP contribution < -0.4 is 10.1 Å². The van der Waals surface area contributed by atoms with Crippen LogP contribution in [0.1, 0.15) is 18.5 Å². The summed E-state index contributed by atoms with van der Waals surface area (Å²) < 4.78 is 5.50. The van der Waals surface area contributed by atoms with Crippen molar-refractivity contribution in [2.75, 3.05) is 13.2 Å². The van der Waals surface area contributed by atoms with E-state index in [9.17, 15) is 0 Å². The highest BCUT2D eigenvalue weighted by Gasteiger charge is 2.24. The number of fused-ring (bicyclic) bond motifs is 1. The molecule has 1 aromatic rings. The Hall–Kier alpha value is -0.730. The molecule has 13 heavy (non-hydrogen) atoms. The zero-order chi connectivity index (χ0) is 9.26. The number of halogens is 1. The minimum atomic E-state index is 0.304. The Labute approximate surface area is 82.9 Å². The fourth-order valence-corrected chi connectivity index (χ4v) is 1.86. The normalized spacial score (nSPS) is 19.7. The molecule has 1 unspecified atom stereocenters. The lowest BCUT2D eigenvalue weighted by molar-refractivity contribution is 0.313. The quantitative estimate of drug-likeness (QED) is 0.786. The summed E-state index contributed by atoms with van der Waals surface area (Å²) in [4.78, 5) is 0. The van der Waals surface area contributed by atoms with Crippen LogP contribution in [0, 0.1) is 0 Å². The molecule has 0 amide bonds. The van der Waals surface area contributed by atoms with E-state index in [1.165, 1.54) is 5.56 Å². The van der Waals surface area contributed by atoms with Crippen LogP contribution in [0.4, 0.5) is 0 Å². The number of ether oxygens (including phenoxy) is 1. The number of rotatable bonds is 2. The van der Waals surface area contributed by atoms with Gasteiger partial charge in [-0.25, -0.2) is 0 Å². The van der Waals surface area contributed by atoms with Crippen molar-refractivity contribution in [1.82, 2.24) is 5.32 Å². The van der Waals surface area contributed by atoms with Crippen molar-refractivity contribution in [3.05, 3.63) is 28.8 Å². The Morgan fingerprint density at radius 1 is 1.62 bits per heavy atom. The third kappa shape index (κ3) is 1.52. The first kappa shape index (κ1) is 8.85. The molecule has 1 atom stereocenters. The maximum atomic E-state index is 5.98. The van der Waals surface area contributed by atoms with Crippen LogP contribution >= 0.6 is 11.6 Å². The summed E-state index contributed by atoms with van der Waals surface area (Å²) in [6.07, 6.45) is 0. The zero-order valence-electron chi connectivity index (χ0n) is 7.51. The number of benzene rings is 1. The van der Waals surface area contributed by atoms with Gasteiger partial charge in [-0.2, -0.15) is 0 Å². The minimum absolute atomic E-state index is 0.304. The minimum Gasteiger partial charge on any atom is -0.490 e. The first-order valence-corrected chi connectivity index (χ1v) is 4.85. The van der Waals surface area contributed by atoms with Gasteiger partial charge in [0.1, 0.15) is 12.4 Å². The molecule has 0 saturated heterocycles. The summed E-state index contributed by atoms with van der Waals surface area (Å²) in [5.41, 5.74) is 1.18. The van der Waals surface area contributed by atoms with Crippen LogP contribution in [0.5, 0.6) is 5.75 Å². The van der Waals surface area contributed by atoms with E-state index >= 15 is 0 Å². The monoisotopic (exact) mass is 197 g/mol. The average molecular weight is 198 g/mol. The van der Waals surface area contributed by atoms with E-state index in [0.29, 0.717) is 17.7 Å². The van der Waals surface area contributed by atoms with E-state index in [0.717, 1.165) is 12.3 Å². The fraction of sp³-hybridized carbons (Fsp3) is 0.400. The van der Waals surface area contributed by atoms with Crippen molar-refractivity contribution in [1.29, 1.82) is 0 Å². The molecule has 1 N–H and O–H groups in total. The van der Waals surface area contributed by atoms with Crippen LogP contribution in [-0.2, 0) is 0 Å². The van der Waals surface area contributed by atoms with Gasteiger partial charge in [0.25, 0.3) is 0 Å². The van der Waals surface area contributed by atoms with Crippen LogP contribution in [0.2, 0.25) is 5.02 Å². The summed E-state index contributed by atoms with van der Waals surface area (Å²) in [5.74, 6) is 0.843. The number of hydrogen-bond acceptors (Lipinski definition) is 2. The lowest BCUT2D eigenvalue weighted by Gasteiger charge is -2.08. The highest BCUT2D eigenvalue weighted by atomic mass is 35.5. The van der Waals surface area contributed by atoms with Crippen LogP contribution in [0.3, 0.4) is 0 Å². The Balaban J connectivity index is 2.32. The molecule has 2 rings (SSSR count). The van der Waals surface area contributed by atoms with Gasteiger partial charge in [-0.05, 0) is 12.6 Å². The maximum absolute atomic E-state index is 5.98. The molecule has 0 saturated carbocycles. The van der Waals surface area contributed by atoms with E-state index in [2.05, 4.69) is 18.3 Å². The molecule has 70 valence electrons. The van der Waals surface area contributed by atoms with Crippen molar-refractivity contribution >= 4 is 11.6 Å². The third-order valence-electron chi connectivity index (χ3n) is 2.22. The molecule has 2 nitrogen and oxygen atoms in total. The van der Waals surface area contributed by atoms with E-state index in [4.69, 9.17) is 16.3 Å². The summed E-state index contributed by atoms with van der Waals surface area (Å²) >= 11 is 5.98. The fourth-order valence-electron chi connectivity index (χ4n) is 1.62. The predicted molar refractivity (Wildman–Crippen MR) is 53.4 cm³/mol. The first-order valence-electron chi connectivity index (χ1n) is 4.47. The molecule has 0 spiro atoms. The maximum Gasteiger partial charge on any atom is 0.142 e. The van der Waals surface area contributed by atoms with Crippen LogP contribution in [0.25, 0.3) is 0 Å². The van der Waals surface area contributed by atoms with Crippen molar-refractivity contribution in [2.24, 2.45) is 0 Å². The van der Waals surface area contributed by atoms with E-state index < -0.39 is 0 Å². The second-order valence-electron chi connectivity index (χ2n) is 3.08. The van der Waals surface area contributed by atoms with Gasteiger partial charge < -0.3 is 10.1 Å². The molecule has 1 aromatic carbocycles. The van der Waals surface area contributed by atoms with Gasteiger partial charge >= 0.3 is 0 Å². The van der Waals surface area contributed by atoms with Gasteiger partial charge in [-0.1, -0.05) is 30.7 Å². The van der Waals surface area contributed by atoms with Crippen LogP contribution in [-0.4, -0.2) is 13.2 Å². The van der Waals surface area contributed by atoms with Gasteiger partial charge in [0.2, 0.25) is 0 Å². The zero-order valence-corrected chi connectivity index (χ0v) is 8.27. The molecule has 0 fully saturated rings. The highest BCUT2D eigenvalue weighted by molar-refractivity contribution is 6.32. The summed E-state index contributed by atoms with van der Waals surface area (Å²) in [6, 6.07) is 6.18. The largest absolute Gasteiger partial charge is 0.490 e. The van der Waals surface area contributed by atoms with E-state index in [1.807, 2.05) is 12.1 Å². The molecule has 0 aromatic heterocycles. The number of para-hydroxylation sites is 1. The summed E-state index contributed by atoms with van der Waals surface area (Å²) in [6.45, 7) is 3.72. The lowest BCUT2D eigenvalue weighted by atomic mass is 10.1. The van der Waals surface area contributed by atoms with Crippen LogP contribution in [0.15, 0.2) is 18.2 Å². The smallest absolute Gasteiger partial charge is 0.142 e. The summed E-state index contributed by atoms with van der Waals surface area (Å²) in [5, 5.41) is 4.05. The second-order valence-corrected chi connectivity index (χ2v) is 3.49. The molecule has 1 aliphatic rings. The first-order chi connectivity index (χ1) is 6.33. The average Bonchev–Trinajstić information content (AvgIpc) is 2.51. The molecular formula is C10H12ClNO. The molecule has 0 radical (unpaired) electrons. The van der Waals surface area contributed by atoms with Crippen molar-refractivity contribution in [2.45, 2.75) is 13.0 Å². The molecule has 0 aliphatic carbocycles. The van der Waals surface area contributed by atoms with Gasteiger partial charge in [0.15, 0.2) is 0 Å². The lowest BCUT2D eigenvalue weighted by Crippen LogP contribution is -2.21. The number of nitrogens with one attached hydrogen (secondary N) is 1. The Morgan fingerprint density at radius 3 is 3.23 bits per heavy atom. The Morgan fingerprint density at radius 2 is 2.46 bits per heavy atom. The Kier molecular flexibility index (Phi) is 2.42. The predicted octanol–water partition coefficient (Wildman–Crippen LogP) is 2.38. The number of hydrogen-bond donors (Lipinski definition) is 1. The standard InChI is InChI=1S/C10H12ClNO/c1-2-12-9-6-13-10-7(9)4-3-5-8(10)11/h3-5,9,12H,2,6H2,1H3. The van der Waals surface area contributed by atoms with E-state index in [1.54, 1.807) is 0 Å².